The Bertz CT molecular complexity index is 698. The molecule has 2 aromatic carbocycles. The van der Waals surface area contributed by atoms with E-state index in [1.165, 1.54) is 0 Å². The minimum absolute atomic E-state index is 0.0589. The standard InChI is InChI=1S/C18H17Cl3O3Si/c19-25(20,21)24-14-4-13-23-17-10-8-16(9-11-17)18(22)12-7-15-5-2-1-3-6-15/h1-3,5-12H,4,13-14H2/b12-7+. The van der Waals surface area contributed by atoms with Gasteiger partial charge >= 0.3 is 6.25 Å². The number of ether oxygens (including phenoxy) is 1. The molecule has 0 aliphatic rings. The Kier molecular flexibility index (Phi) is 8.00. The first kappa shape index (κ1) is 20.0. The maximum atomic E-state index is 12.1. The smallest absolute Gasteiger partial charge is 0.493 e. The molecule has 0 aromatic heterocycles. The SMILES string of the molecule is O=C(/C=C/c1ccccc1)c1ccc(OCCCO[Si](Cl)(Cl)Cl)cc1. The van der Waals surface area contributed by atoms with Gasteiger partial charge in [0.2, 0.25) is 0 Å². The van der Waals surface area contributed by atoms with Gasteiger partial charge in [-0.15, -0.1) is 0 Å². The summed E-state index contributed by atoms with van der Waals surface area (Å²) in [7, 11) is 0. The molecule has 2 aromatic rings. The molecule has 0 unspecified atom stereocenters. The average molecular weight is 416 g/mol. The van der Waals surface area contributed by atoms with Crippen molar-refractivity contribution >= 4 is 51.3 Å². The fraction of sp³-hybridized carbons (Fsp3) is 0.167. The highest BCUT2D eigenvalue weighted by molar-refractivity contribution is 7.62. The fourth-order valence-corrected chi connectivity index (χ4v) is 3.05. The molecule has 7 heteroatoms. The minimum atomic E-state index is -3.02. The van der Waals surface area contributed by atoms with Gasteiger partial charge in [0.15, 0.2) is 5.78 Å². The lowest BCUT2D eigenvalue weighted by molar-refractivity contribution is 0.104. The summed E-state index contributed by atoms with van der Waals surface area (Å²) < 4.78 is 10.6. The summed E-state index contributed by atoms with van der Waals surface area (Å²) in [6.45, 7) is 0.778. The van der Waals surface area contributed by atoms with E-state index >= 15 is 0 Å². The molecule has 25 heavy (non-hydrogen) atoms. The van der Waals surface area contributed by atoms with Crippen LogP contribution in [0.5, 0.6) is 5.75 Å². The molecule has 0 aliphatic carbocycles. The maximum absolute atomic E-state index is 12.1. The average Bonchev–Trinajstić information content (AvgIpc) is 2.60. The zero-order chi connectivity index (χ0) is 18.1. The number of allylic oxidation sites excluding steroid dienone is 1. The molecule has 0 radical (unpaired) electrons. The normalized spacial score (nSPS) is 11.6. The molecule has 0 spiro atoms. The number of halogens is 3. The lowest BCUT2D eigenvalue weighted by Gasteiger charge is -2.10. The molecule has 0 saturated heterocycles. The van der Waals surface area contributed by atoms with Crippen LogP contribution in [0.2, 0.25) is 0 Å². The number of hydrogen-bond donors (Lipinski definition) is 0. The van der Waals surface area contributed by atoms with Gasteiger partial charge in [0, 0.05) is 18.6 Å². The van der Waals surface area contributed by atoms with E-state index in [0.29, 0.717) is 30.9 Å². The van der Waals surface area contributed by atoms with Crippen molar-refractivity contribution in [2.75, 3.05) is 13.2 Å². The first-order valence-corrected chi connectivity index (χ1v) is 12.6. The number of hydrogen-bond acceptors (Lipinski definition) is 3. The predicted molar refractivity (Wildman–Crippen MR) is 106 cm³/mol. The van der Waals surface area contributed by atoms with Crippen LogP contribution in [0, 0.1) is 0 Å². The van der Waals surface area contributed by atoms with Gasteiger partial charge in [-0.25, -0.2) is 0 Å². The Morgan fingerprint density at radius 2 is 1.64 bits per heavy atom. The summed E-state index contributed by atoms with van der Waals surface area (Å²) in [6, 6.07) is 16.7. The van der Waals surface area contributed by atoms with Crippen molar-refractivity contribution in [3.05, 3.63) is 71.8 Å². The Balaban J connectivity index is 1.79. The molecule has 3 nitrogen and oxygen atoms in total. The summed E-state index contributed by atoms with van der Waals surface area (Å²) >= 11 is 16.8. The van der Waals surface area contributed by atoms with Crippen LogP contribution in [0.3, 0.4) is 0 Å². The van der Waals surface area contributed by atoms with Gasteiger partial charge in [-0.1, -0.05) is 69.6 Å². The van der Waals surface area contributed by atoms with Crippen LogP contribution in [-0.2, 0) is 4.43 Å². The molecule has 0 atom stereocenters. The number of rotatable bonds is 9. The van der Waals surface area contributed by atoms with E-state index in [2.05, 4.69) is 0 Å². The monoisotopic (exact) mass is 414 g/mol. The molecule has 0 bridgehead atoms. The van der Waals surface area contributed by atoms with Crippen molar-refractivity contribution in [3.63, 3.8) is 0 Å². The second-order valence-corrected chi connectivity index (χ2v) is 12.8. The zero-order valence-electron chi connectivity index (χ0n) is 13.3. The van der Waals surface area contributed by atoms with Gasteiger partial charge in [-0.2, -0.15) is 0 Å². The first-order chi connectivity index (χ1) is 11.9. The molecule has 132 valence electrons. The Labute approximate surface area is 162 Å². The predicted octanol–water partition coefficient (Wildman–Crippen LogP) is 5.52. The quantitative estimate of drug-likeness (QED) is 0.178. The fourth-order valence-electron chi connectivity index (χ4n) is 1.98. The molecule has 0 saturated carbocycles. The van der Waals surface area contributed by atoms with E-state index in [4.69, 9.17) is 42.4 Å². The Hall–Kier alpha value is -1.30. The third-order valence-corrected chi connectivity index (χ3v) is 4.70. The molecule has 0 aliphatic heterocycles. The molecule has 0 fully saturated rings. The molecule has 0 heterocycles. The third-order valence-electron chi connectivity index (χ3n) is 3.19. The van der Waals surface area contributed by atoms with Gasteiger partial charge in [-0.05, 0) is 35.9 Å². The van der Waals surface area contributed by atoms with Crippen LogP contribution in [0.4, 0.5) is 0 Å². The molecular formula is C18H17Cl3O3Si. The van der Waals surface area contributed by atoms with E-state index in [1.807, 2.05) is 30.3 Å². The number of carbonyl (C=O) groups is 1. The first-order valence-electron chi connectivity index (χ1n) is 7.65. The van der Waals surface area contributed by atoms with E-state index in [9.17, 15) is 4.79 Å². The van der Waals surface area contributed by atoms with Gasteiger partial charge < -0.3 is 9.16 Å². The van der Waals surface area contributed by atoms with Crippen LogP contribution >= 0.6 is 33.2 Å². The summed E-state index contributed by atoms with van der Waals surface area (Å²) in [5.74, 6) is 0.617. The molecule has 2 rings (SSSR count). The highest BCUT2D eigenvalue weighted by Gasteiger charge is 2.26. The van der Waals surface area contributed by atoms with E-state index in [-0.39, 0.29) is 5.78 Å². The van der Waals surface area contributed by atoms with Crippen molar-refractivity contribution in [2.24, 2.45) is 0 Å². The van der Waals surface area contributed by atoms with Crippen molar-refractivity contribution in [1.82, 2.24) is 0 Å². The number of benzene rings is 2. The molecule has 0 N–H and O–H groups in total. The highest BCUT2D eigenvalue weighted by Crippen LogP contribution is 2.21. The lowest BCUT2D eigenvalue weighted by Crippen LogP contribution is -2.18. The van der Waals surface area contributed by atoms with Crippen molar-refractivity contribution in [3.8, 4) is 5.75 Å². The Morgan fingerprint density at radius 1 is 0.960 bits per heavy atom. The zero-order valence-corrected chi connectivity index (χ0v) is 16.6. The van der Waals surface area contributed by atoms with E-state index < -0.39 is 6.25 Å². The largest absolute Gasteiger partial charge is 0.494 e. The lowest BCUT2D eigenvalue weighted by atomic mass is 10.1. The molecular weight excluding hydrogens is 399 g/mol. The van der Waals surface area contributed by atoms with Crippen LogP contribution in [0.15, 0.2) is 60.7 Å². The van der Waals surface area contributed by atoms with Gasteiger partial charge in [0.25, 0.3) is 0 Å². The van der Waals surface area contributed by atoms with Crippen LogP contribution < -0.4 is 4.74 Å². The van der Waals surface area contributed by atoms with Crippen LogP contribution in [0.1, 0.15) is 22.3 Å². The van der Waals surface area contributed by atoms with Gasteiger partial charge in [0.05, 0.1) is 6.61 Å². The van der Waals surface area contributed by atoms with Gasteiger partial charge in [0.1, 0.15) is 5.75 Å². The number of carbonyl (C=O) groups excluding carboxylic acids is 1. The second-order valence-electron chi connectivity index (χ2n) is 5.13. The Morgan fingerprint density at radius 3 is 2.28 bits per heavy atom. The van der Waals surface area contributed by atoms with Crippen molar-refractivity contribution < 1.29 is 14.0 Å². The van der Waals surface area contributed by atoms with Crippen LogP contribution in [-0.4, -0.2) is 25.2 Å². The third kappa shape index (κ3) is 8.08. The summed E-state index contributed by atoms with van der Waals surface area (Å²) in [6.07, 6.45) is 0.942. The second kappa shape index (κ2) is 9.99. The van der Waals surface area contributed by atoms with Crippen LogP contribution in [0.25, 0.3) is 6.08 Å². The topological polar surface area (TPSA) is 35.5 Å². The van der Waals surface area contributed by atoms with Gasteiger partial charge in [-0.3, -0.25) is 4.79 Å². The number of ketones is 1. The van der Waals surface area contributed by atoms with Crippen molar-refractivity contribution in [1.29, 1.82) is 0 Å². The highest BCUT2D eigenvalue weighted by atomic mass is 35.8. The van der Waals surface area contributed by atoms with E-state index in [1.54, 1.807) is 36.4 Å². The summed E-state index contributed by atoms with van der Waals surface area (Å²) in [5.41, 5.74) is 1.58. The summed E-state index contributed by atoms with van der Waals surface area (Å²) in [5, 5.41) is 0. The molecule has 0 amide bonds. The van der Waals surface area contributed by atoms with Crippen molar-refractivity contribution in [2.45, 2.75) is 6.42 Å². The van der Waals surface area contributed by atoms with E-state index in [0.717, 1.165) is 5.56 Å². The maximum Gasteiger partial charge on any atom is 0.493 e. The minimum Gasteiger partial charge on any atom is -0.494 e. The summed E-state index contributed by atoms with van der Waals surface area (Å²) in [4.78, 5) is 12.1.